The van der Waals surface area contributed by atoms with Crippen LogP contribution in [0.2, 0.25) is 0 Å². The number of hydrogen-bond donors (Lipinski definition) is 1. The molecule has 2 nitrogen and oxygen atoms in total. The van der Waals surface area contributed by atoms with Gasteiger partial charge in [-0.2, -0.15) is 0 Å². The summed E-state index contributed by atoms with van der Waals surface area (Å²) < 4.78 is 31.0. The first-order chi connectivity index (χ1) is 8.11. The van der Waals surface area contributed by atoms with Gasteiger partial charge in [0.25, 0.3) is 0 Å². The third-order valence-electron chi connectivity index (χ3n) is 2.98. The van der Waals surface area contributed by atoms with Crippen LogP contribution in [0.1, 0.15) is 17.9 Å². The summed E-state index contributed by atoms with van der Waals surface area (Å²) in [7, 11) is 0. The number of halogens is 2. The maximum absolute atomic E-state index is 13.2. The third kappa shape index (κ3) is 2.82. The highest BCUT2D eigenvalue weighted by atomic mass is 19.1. The molecule has 0 heterocycles. The number of hydrogen-bond acceptors (Lipinski definition) is 2. The number of nitrogens with two attached hydrogens (primary N) is 1. The van der Waals surface area contributed by atoms with Gasteiger partial charge in [0.05, 0.1) is 0 Å². The molecule has 4 heteroatoms. The zero-order valence-electron chi connectivity index (χ0n) is 9.46. The highest BCUT2D eigenvalue weighted by Gasteiger charge is 2.39. The Morgan fingerprint density at radius 2 is 2.29 bits per heavy atom. The number of ether oxygens (including phenoxy) is 1. The van der Waals surface area contributed by atoms with Crippen molar-refractivity contribution in [2.45, 2.75) is 12.3 Å². The SMILES string of the molecule is C=C(F)COc1ccc(F)cc1[C@@H]1C[C@H]1CN. The van der Waals surface area contributed by atoms with Gasteiger partial charge in [0, 0.05) is 5.56 Å². The summed E-state index contributed by atoms with van der Waals surface area (Å²) in [5.41, 5.74) is 6.34. The fraction of sp³-hybridized carbons (Fsp3) is 0.385. The van der Waals surface area contributed by atoms with E-state index in [4.69, 9.17) is 10.5 Å². The monoisotopic (exact) mass is 239 g/mol. The summed E-state index contributed by atoms with van der Waals surface area (Å²) >= 11 is 0. The van der Waals surface area contributed by atoms with Crippen molar-refractivity contribution < 1.29 is 13.5 Å². The van der Waals surface area contributed by atoms with Crippen molar-refractivity contribution >= 4 is 0 Å². The molecule has 2 rings (SSSR count). The molecule has 17 heavy (non-hydrogen) atoms. The van der Waals surface area contributed by atoms with Crippen LogP contribution >= 0.6 is 0 Å². The van der Waals surface area contributed by atoms with E-state index >= 15 is 0 Å². The lowest BCUT2D eigenvalue weighted by Gasteiger charge is -2.10. The summed E-state index contributed by atoms with van der Waals surface area (Å²) in [6.07, 6.45) is 0.937. The van der Waals surface area contributed by atoms with E-state index in [2.05, 4.69) is 6.58 Å². The fourth-order valence-electron chi connectivity index (χ4n) is 1.99. The van der Waals surface area contributed by atoms with E-state index in [9.17, 15) is 8.78 Å². The molecule has 1 aromatic rings. The van der Waals surface area contributed by atoms with Gasteiger partial charge in [0.2, 0.25) is 0 Å². The second-order valence-corrected chi connectivity index (χ2v) is 4.33. The Labute approximate surface area is 99.1 Å². The molecule has 0 aliphatic heterocycles. The molecule has 92 valence electrons. The molecule has 1 aliphatic carbocycles. The maximum Gasteiger partial charge on any atom is 0.139 e. The van der Waals surface area contributed by atoms with Gasteiger partial charge in [-0.15, -0.1) is 0 Å². The lowest BCUT2D eigenvalue weighted by Crippen LogP contribution is -2.04. The van der Waals surface area contributed by atoms with Crippen LogP contribution in [-0.2, 0) is 0 Å². The van der Waals surface area contributed by atoms with Crippen molar-refractivity contribution in [1.82, 2.24) is 0 Å². The van der Waals surface area contributed by atoms with Crippen LogP contribution in [0.4, 0.5) is 8.78 Å². The summed E-state index contributed by atoms with van der Waals surface area (Å²) in [6, 6.07) is 4.27. The van der Waals surface area contributed by atoms with Crippen LogP contribution in [0.3, 0.4) is 0 Å². The molecule has 0 spiro atoms. The quantitative estimate of drug-likeness (QED) is 0.857. The predicted molar refractivity (Wildman–Crippen MR) is 62.0 cm³/mol. The van der Waals surface area contributed by atoms with Crippen LogP contribution in [-0.4, -0.2) is 13.2 Å². The minimum Gasteiger partial charge on any atom is -0.486 e. The largest absolute Gasteiger partial charge is 0.486 e. The van der Waals surface area contributed by atoms with Crippen molar-refractivity contribution in [2.75, 3.05) is 13.2 Å². The zero-order chi connectivity index (χ0) is 12.4. The Bertz CT molecular complexity index is 433. The average Bonchev–Trinajstić information content (AvgIpc) is 3.06. The van der Waals surface area contributed by atoms with E-state index in [1.807, 2.05) is 0 Å². The van der Waals surface area contributed by atoms with Crippen LogP contribution in [0.15, 0.2) is 30.6 Å². The van der Waals surface area contributed by atoms with Crippen LogP contribution in [0.25, 0.3) is 0 Å². The standard InChI is InChI=1S/C13H15F2NO/c1-8(14)7-17-13-3-2-10(15)5-12(13)11-4-9(11)6-16/h2-3,5,9,11H,1,4,6-7,16H2/t9-,11+/m0/s1. The minimum atomic E-state index is -0.550. The van der Waals surface area contributed by atoms with E-state index < -0.39 is 5.83 Å². The summed E-state index contributed by atoms with van der Waals surface area (Å²) in [5.74, 6) is 0.276. The van der Waals surface area contributed by atoms with Gasteiger partial charge >= 0.3 is 0 Å². The first-order valence-electron chi connectivity index (χ1n) is 5.57. The summed E-state index contributed by atoms with van der Waals surface area (Å²) in [6.45, 7) is 3.51. The number of rotatable bonds is 5. The number of benzene rings is 1. The summed E-state index contributed by atoms with van der Waals surface area (Å²) in [4.78, 5) is 0. The van der Waals surface area contributed by atoms with Crippen molar-refractivity contribution in [1.29, 1.82) is 0 Å². The molecule has 0 unspecified atom stereocenters. The van der Waals surface area contributed by atoms with Gasteiger partial charge in [-0.3, -0.25) is 0 Å². The smallest absolute Gasteiger partial charge is 0.139 e. The van der Waals surface area contributed by atoms with Crippen molar-refractivity contribution in [3.63, 3.8) is 0 Å². The molecular weight excluding hydrogens is 224 g/mol. The molecule has 0 aromatic heterocycles. The Balaban J connectivity index is 2.16. The lowest BCUT2D eigenvalue weighted by molar-refractivity contribution is 0.316. The zero-order valence-corrected chi connectivity index (χ0v) is 9.46. The molecule has 1 saturated carbocycles. The molecule has 2 atom stereocenters. The third-order valence-corrected chi connectivity index (χ3v) is 2.98. The second-order valence-electron chi connectivity index (χ2n) is 4.33. The first-order valence-corrected chi connectivity index (χ1v) is 5.57. The Kier molecular flexibility index (Phi) is 3.43. The van der Waals surface area contributed by atoms with E-state index in [1.54, 1.807) is 0 Å². The van der Waals surface area contributed by atoms with Crippen molar-refractivity contribution in [3.8, 4) is 5.75 Å². The van der Waals surface area contributed by atoms with Crippen LogP contribution in [0, 0.1) is 11.7 Å². The van der Waals surface area contributed by atoms with Gasteiger partial charge in [-0.25, -0.2) is 8.78 Å². The Morgan fingerprint density at radius 1 is 1.53 bits per heavy atom. The molecular formula is C13H15F2NO. The van der Waals surface area contributed by atoms with E-state index in [0.717, 1.165) is 12.0 Å². The molecule has 0 amide bonds. The molecule has 1 aliphatic rings. The highest BCUT2D eigenvalue weighted by molar-refractivity contribution is 5.40. The molecule has 1 fully saturated rings. The average molecular weight is 239 g/mol. The maximum atomic E-state index is 13.2. The lowest BCUT2D eigenvalue weighted by atomic mass is 10.1. The Morgan fingerprint density at radius 3 is 2.88 bits per heavy atom. The molecule has 0 bridgehead atoms. The first kappa shape index (κ1) is 12.0. The normalized spacial score (nSPS) is 22.3. The fourth-order valence-corrected chi connectivity index (χ4v) is 1.99. The van der Waals surface area contributed by atoms with Gasteiger partial charge in [0.15, 0.2) is 0 Å². The predicted octanol–water partition coefficient (Wildman–Crippen LogP) is 2.75. The highest BCUT2D eigenvalue weighted by Crippen LogP contribution is 2.49. The van der Waals surface area contributed by atoms with Gasteiger partial charge in [0.1, 0.15) is 24.0 Å². The molecule has 2 N–H and O–H groups in total. The van der Waals surface area contributed by atoms with Crippen LogP contribution in [0.5, 0.6) is 5.75 Å². The Hall–Kier alpha value is -1.42. The second kappa shape index (κ2) is 4.84. The van der Waals surface area contributed by atoms with E-state index in [1.165, 1.54) is 18.2 Å². The molecule has 0 radical (unpaired) electrons. The van der Waals surface area contributed by atoms with E-state index in [-0.39, 0.29) is 18.3 Å². The van der Waals surface area contributed by atoms with Gasteiger partial charge in [-0.05, 0) is 43.0 Å². The molecule has 1 aromatic carbocycles. The van der Waals surface area contributed by atoms with Crippen LogP contribution < -0.4 is 10.5 Å². The topological polar surface area (TPSA) is 35.2 Å². The summed E-state index contributed by atoms with van der Waals surface area (Å²) in [5, 5.41) is 0. The minimum absolute atomic E-state index is 0.196. The molecule has 0 saturated heterocycles. The van der Waals surface area contributed by atoms with Crippen molar-refractivity contribution in [2.24, 2.45) is 11.7 Å². The van der Waals surface area contributed by atoms with Gasteiger partial charge in [-0.1, -0.05) is 6.58 Å². The van der Waals surface area contributed by atoms with Gasteiger partial charge < -0.3 is 10.5 Å². The van der Waals surface area contributed by atoms with E-state index in [0.29, 0.717) is 18.2 Å². The van der Waals surface area contributed by atoms with Crippen molar-refractivity contribution in [3.05, 3.63) is 42.0 Å².